The predicted octanol–water partition coefficient (Wildman–Crippen LogP) is 2.03. The van der Waals surface area contributed by atoms with Gasteiger partial charge in [-0.2, -0.15) is 0 Å². The van der Waals surface area contributed by atoms with E-state index in [0.29, 0.717) is 12.0 Å². The van der Waals surface area contributed by atoms with E-state index in [4.69, 9.17) is 9.52 Å². The fourth-order valence-electron chi connectivity index (χ4n) is 1.66. The molecule has 1 aromatic carbocycles. The molecule has 2 rings (SSSR count). The molecule has 0 aliphatic heterocycles. The Bertz CT molecular complexity index is 554. The van der Waals surface area contributed by atoms with E-state index in [-0.39, 0.29) is 5.76 Å². The molecule has 0 saturated heterocycles. The number of carboxylic acids is 1. The maximum absolute atomic E-state index is 11.8. The summed E-state index contributed by atoms with van der Waals surface area (Å²) in [5, 5.41) is 12.1. The lowest BCUT2D eigenvalue weighted by Crippen LogP contribution is -2.40. The molecule has 2 N–H and O–H groups in total. The first-order valence-corrected chi connectivity index (χ1v) is 5.64. The van der Waals surface area contributed by atoms with E-state index in [2.05, 4.69) is 5.32 Å². The quantitative estimate of drug-likeness (QED) is 0.866. The molecule has 1 heterocycles. The zero-order valence-corrected chi connectivity index (χ0v) is 9.84. The standard InChI is InChI=1S/C13H13NO4/c1-2-9(13(16)17)14-12(15)11-7-8-5-3-4-6-10(8)18-11/h3-7,9H,2H2,1H3,(H,14,15)(H,16,17). The number of carbonyl (C=O) groups excluding carboxylic acids is 1. The number of rotatable bonds is 4. The van der Waals surface area contributed by atoms with Crippen LogP contribution in [0.2, 0.25) is 0 Å². The summed E-state index contributed by atoms with van der Waals surface area (Å²) in [7, 11) is 0. The minimum absolute atomic E-state index is 0.121. The van der Waals surface area contributed by atoms with Crippen LogP contribution in [0, 0.1) is 0 Å². The van der Waals surface area contributed by atoms with Crippen molar-refractivity contribution < 1.29 is 19.1 Å². The van der Waals surface area contributed by atoms with Crippen LogP contribution in [-0.4, -0.2) is 23.0 Å². The van der Waals surface area contributed by atoms with Crippen molar-refractivity contribution in [3.8, 4) is 0 Å². The number of furan rings is 1. The molecule has 94 valence electrons. The van der Waals surface area contributed by atoms with Crippen LogP contribution in [0.4, 0.5) is 0 Å². The Kier molecular flexibility index (Phi) is 3.32. The Balaban J connectivity index is 2.20. The number of nitrogens with one attached hydrogen (secondary N) is 1. The minimum Gasteiger partial charge on any atom is -0.480 e. The van der Waals surface area contributed by atoms with Crippen LogP contribution in [0.25, 0.3) is 11.0 Å². The Labute approximate surface area is 103 Å². The zero-order valence-electron chi connectivity index (χ0n) is 9.84. The highest BCUT2D eigenvalue weighted by atomic mass is 16.4. The van der Waals surface area contributed by atoms with Crippen molar-refractivity contribution in [2.75, 3.05) is 0 Å². The Morgan fingerprint density at radius 2 is 2.11 bits per heavy atom. The molecule has 0 radical (unpaired) electrons. The molecular formula is C13H13NO4. The zero-order chi connectivity index (χ0) is 13.1. The van der Waals surface area contributed by atoms with Gasteiger partial charge in [-0.3, -0.25) is 4.79 Å². The van der Waals surface area contributed by atoms with Gasteiger partial charge in [0.1, 0.15) is 11.6 Å². The molecule has 5 heteroatoms. The fourth-order valence-corrected chi connectivity index (χ4v) is 1.66. The van der Waals surface area contributed by atoms with Gasteiger partial charge in [0.15, 0.2) is 5.76 Å². The van der Waals surface area contributed by atoms with Crippen molar-refractivity contribution in [3.05, 3.63) is 36.1 Å². The SMILES string of the molecule is CCC(NC(=O)c1cc2ccccc2o1)C(=O)O. The van der Waals surface area contributed by atoms with E-state index in [1.807, 2.05) is 12.1 Å². The number of fused-ring (bicyclic) bond motifs is 1. The molecule has 1 unspecified atom stereocenters. The van der Waals surface area contributed by atoms with Crippen molar-refractivity contribution in [3.63, 3.8) is 0 Å². The highest BCUT2D eigenvalue weighted by Gasteiger charge is 2.20. The summed E-state index contributed by atoms with van der Waals surface area (Å²) in [4.78, 5) is 22.6. The number of amides is 1. The molecule has 1 aromatic heterocycles. The average Bonchev–Trinajstić information content (AvgIpc) is 2.79. The third kappa shape index (κ3) is 2.34. The topological polar surface area (TPSA) is 79.5 Å². The summed E-state index contributed by atoms with van der Waals surface area (Å²) in [6, 6.07) is 7.92. The third-order valence-corrected chi connectivity index (χ3v) is 2.66. The van der Waals surface area contributed by atoms with Crippen LogP contribution >= 0.6 is 0 Å². The van der Waals surface area contributed by atoms with E-state index < -0.39 is 17.9 Å². The molecule has 0 fully saturated rings. The minimum atomic E-state index is -1.05. The molecule has 5 nitrogen and oxygen atoms in total. The largest absolute Gasteiger partial charge is 0.480 e. The summed E-state index contributed by atoms with van der Waals surface area (Å²) in [5.41, 5.74) is 0.603. The van der Waals surface area contributed by atoms with Crippen molar-refractivity contribution in [1.29, 1.82) is 0 Å². The molecular weight excluding hydrogens is 234 g/mol. The molecule has 18 heavy (non-hydrogen) atoms. The monoisotopic (exact) mass is 247 g/mol. The normalized spacial score (nSPS) is 12.3. The molecule has 0 aliphatic rings. The van der Waals surface area contributed by atoms with Crippen LogP contribution in [-0.2, 0) is 4.79 Å². The van der Waals surface area contributed by atoms with Gasteiger partial charge >= 0.3 is 5.97 Å². The maximum atomic E-state index is 11.8. The second kappa shape index (κ2) is 4.91. The highest BCUT2D eigenvalue weighted by Crippen LogP contribution is 2.18. The number of carboxylic acid groups (broad SMARTS) is 1. The summed E-state index contributed by atoms with van der Waals surface area (Å²) < 4.78 is 5.35. The van der Waals surface area contributed by atoms with E-state index in [1.165, 1.54) is 0 Å². The maximum Gasteiger partial charge on any atom is 0.326 e. The number of hydrogen-bond acceptors (Lipinski definition) is 3. The van der Waals surface area contributed by atoms with Crippen molar-refractivity contribution >= 4 is 22.8 Å². The first-order chi connectivity index (χ1) is 8.61. The summed E-state index contributed by atoms with van der Waals surface area (Å²) in [6.07, 6.45) is 0.321. The first-order valence-electron chi connectivity index (χ1n) is 5.64. The van der Waals surface area contributed by atoms with E-state index in [1.54, 1.807) is 25.1 Å². The van der Waals surface area contributed by atoms with Gasteiger partial charge in [-0.15, -0.1) is 0 Å². The highest BCUT2D eigenvalue weighted by molar-refractivity contribution is 5.97. The number of benzene rings is 1. The summed E-state index contributed by atoms with van der Waals surface area (Å²) >= 11 is 0. The number of para-hydroxylation sites is 1. The molecule has 0 saturated carbocycles. The van der Waals surface area contributed by atoms with Gasteiger partial charge in [0.2, 0.25) is 0 Å². The van der Waals surface area contributed by atoms with E-state index in [0.717, 1.165) is 5.39 Å². The lowest BCUT2D eigenvalue weighted by molar-refractivity contribution is -0.139. The predicted molar refractivity (Wildman–Crippen MR) is 65.4 cm³/mol. The van der Waals surface area contributed by atoms with Crippen molar-refractivity contribution in [2.24, 2.45) is 0 Å². The smallest absolute Gasteiger partial charge is 0.326 e. The summed E-state index contributed by atoms with van der Waals surface area (Å²) in [5.74, 6) is -1.45. The molecule has 1 amide bonds. The second-order valence-electron chi connectivity index (χ2n) is 3.92. The van der Waals surface area contributed by atoms with Gasteiger partial charge in [0, 0.05) is 5.39 Å². The van der Waals surface area contributed by atoms with Crippen LogP contribution < -0.4 is 5.32 Å². The number of aliphatic carboxylic acids is 1. The second-order valence-corrected chi connectivity index (χ2v) is 3.92. The summed E-state index contributed by atoms with van der Waals surface area (Å²) in [6.45, 7) is 1.69. The van der Waals surface area contributed by atoms with Gasteiger partial charge in [0.05, 0.1) is 0 Å². The van der Waals surface area contributed by atoms with Gasteiger partial charge < -0.3 is 14.8 Å². The molecule has 0 aliphatic carbocycles. The van der Waals surface area contributed by atoms with E-state index >= 15 is 0 Å². The lowest BCUT2D eigenvalue weighted by Gasteiger charge is -2.10. The van der Waals surface area contributed by atoms with Crippen molar-refractivity contribution in [2.45, 2.75) is 19.4 Å². The van der Waals surface area contributed by atoms with Crippen LogP contribution in [0.15, 0.2) is 34.7 Å². The van der Waals surface area contributed by atoms with Crippen molar-refractivity contribution in [1.82, 2.24) is 5.32 Å². The number of carbonyl (C=O) groups is 2. The van der Waals surface area contributed by atoms with Crippen LogP contribution in [0.5, 0.6) is 0 Å². The lowest BCUT2D eigenvalue weighted by atomic mass is 10.2. The molecule has 1 atom stereocenters. The molecule has 0 bridgehead atoms. The van der Waals surface area contributed by atoms with Gasteiger partial charge in [-0.25, -0.2) is 4.79 Å². The Morgan fingerprint density at radius 1 is 1.39 bits per heavy atom. The van der Waals surface area contributed by atoms with E-state index in [9.17, 15) is 9.59 Å². The van der Waals surface area contributed by atoms with Gasteiger partial charge in [0.25, 0.3) is 5.91 Å². The Morgan fingerprint density at radius 3 is 2.72 bits per heavy atom. The Hall–Kier alpha value is -2.30. The number of hydrogen-bond donors (Lipinski definition) is 2. The van der Waals surface area contributed by atoms with Crippen LogP contribution in [0.1, 0.15) is 23.9 Å². The molecule has 2 aromatic rings. The average molecular weight is 247 g/mol. The molecule has 0 spiro atoms. The third-order valence-electron chi connectivity index (χ3n) is 2.66. The van der Waals surface area contributed by atoms with Gasteiger partial charge in [-0.05, 0) is 18.6 Å². The first kappa shape index (κ1) is 12.2. The van der Waals surface area contributed by atoms with Crippen LogP contribution in [0.3, 0.4) is 0 Å². The fraction of sp³-hybridized carbons (Fsp3) is 0.231. The van der Waals surface area contributed by atoms with Gasteiger partial charge in [-0.1, -0.05) is 25.1 Å².